The molecule has 0 fully saturated rings. The molecule has 2 N–H and O–H groups in total. The van der Waals surface area contributed by atoms with Crippen molar-refractivity contribution in [2.24, 2.45) is 0 Å². The first kappa shape index (κ1) is 19.7. The molecule has 0 spiro atoms. The lowest BCUT2D eigenvalue weighted by Crippen LogP contribution is -2.32. The second kappa shape index (κ2) is 12.5. The number of amides is 1. The Balaban J connectivity index is 3.19. The van der Waals surface area contributed by atoms with Crippen LogP contribution in [0.2, 0.25) is 0 Å². The van der Waals surface area contributed by atoms with Gasteiger partial charge in [-0.3, -0.25) is 0 Å². The lowest BCUT2D eigenvalue weighted by molar-refractivity contribution is 0.0527. The average molecular weight is 297 g/mol. The van der Waals surface area contributed by atoms with Crippen molar-refractivity contribution >= 4 is 6.09 Å². The minimum atomic E-state index is -0.425. The van der Waals surface area contributed by atoms with E-state index >= 15 is 0 Å². The number of nitrogens with one attached hydrogen (secondary N) is 2. The molecule has 0 rings (SSSR count). The highest BCUT2D eigenvalue weighted by molar-refractivity contribution is 5.67. The predicted octanol–water partition coefficient (Wildman–Crippen LogP) is 3.35. The molecular formula is C16H31N3O2. The molecule has 5 nitrogen and oxygen atoms in total. The minimum Gasteiger partial charge on any atom is -0.444 e. The van der Waals surface area contributed by atoms with Gasteiger partial charge < -0.3 is 15.4 Å². The van der Waals surface area contributed by atoms with Gasteiger partial charge in [0.25, 0.3) is 0 Å². The maximum Gasteiger partial charge on any atom is 0.407 e. The fourth-order valence-electron chi connectivity index (χ4n) is 1.86. The van der Waals surface area contributed by atoms with Crippen molar-refractivity contribution in [3.8, 4) is 6.07 Å². The van der Waals surface area contributed by atoms with E-state index in [4.69, 9.17) is 10.00 Å². The lowest BCUT2D eigenvalue weighted by atomic mass is 10.1. The zero-order valence-corrected chi connectivity index (χ0v) is 13.8. The molecule has 0 aliphatic heterocycles. The number of nitriles is 1. The quantitative estimate of drug-likeness (QED) is 0.573. The van der Waals surface area contributed by atoms with Crippen molar-refractivity contribution < 1.29 is 9.53 Å². The van der Waals surface area contributed by atoms with Crippen molar-refractivity contribution in [2.75, 3.05) is 19.6 Å². The van der Waals surface area contributed by atoms with E-state index in [1.54, 1.807) is 0 Å². The Morgan fingerprint density at radius 2 is 1.57 bits per heavy atom. The molecule has 0 saturated heterocycles. The van der Waals surface area contributed by atoms with E-state index in [2.05, 4.69) is 16.7 Å². The monoisotopic (exact) mass is 297 g/mol. The van der Waals surface area contributed by atoms with Gasteiger partial charge in [-0.05, 0) is 40.2 Å². The van der Waals surface area contributed by atoms with Gasteiger partial charge in [-0.25, -0.2) is 4.79 Å². The highest BCUT2D eigenvalue weighted by Gasteiger charge is 2.15. The maximum absolute atomic E-state index is 11.4. The third-order valence-corrected chi connectivity index (χ3v) is 2.86. The summed E-state index contributed by atoms with van der Waals surface area (Å²) in [5, 5.41) is 14.4. The van der Waals surface area contributed by atoms with Crippen LogP contribution in [0.3, 0.4) is 0 Å². The van der Waals surface area contributed by atoms with Crippen molar-refractivity contribution in [1.29, 1.82) is 5.26 Å². The highest BCUT2D eigenvalue weighted by Crippen LogP contribution is 2.07. The summed E-state index contributed by atoms with van der Waals surface area (Å²) in [4.78, 5) is 11.4. The van der Waals surface area contributed by atoms with E-state index in [9.17, 15) is 4.79 Å². The molecule has 0 aromatic rings. The van der Waals surface area contributed by atoms with Crippen molar-refractivity contribution in [1.82, 2.24) is 10.6 Å². The maximum atomic E-state index is 11.4. The van der Waals surface area contributed by atoms with Crippen molar-refractivity contribution in [3.63, 3.8) is 0 Å². The molecule has 0 saturated carbocycles. The summed E-state index contributed by atoms with van der Waals surface area (Å²) in [7, 11) is 0. The van der Waals surface area contributed by atoms with Crippen LogP contribution in [0.4, 0.5) is 4.79 Å². The number of carbonyl (C=O) groups is 1. The third-order valence-electron chi connectivity index (χ3n) is 2.86. The molecule has 5 heteroatoms. The summed E-state index contributed by atoms with van der Waals surface area (Å²) in [6.45, 7) is 8.07. The van der Waals surface area contributed by atoms with Crippen LogP contribution in [0, 0.1) is 11.3 Å². The molecular weight excluding hydrogens is 266 g/mol. The largest absolute Gasteiger partial charge is 0.444 e. The second-order valence-electron chi connectivity index (χ2n) is 6.21. The van der Waals surface area contributed by atoms with E-state index in [1.807, 2.05) is 20.8 Å². The fourth-order valence-corrected chi connectivity index (χ4v) is 1.86. The number of nitrogens with zero attached hydrogens (tertiary/aromatic N) is 1. The molecule has 0 aromatic carbocycles. The second-order valence-corrected chi connectivity index (χ2v) is 6.21. The van der Waals surface area contributed by atoms with Gasteiger partial charge in [0.05, 0.1) is 6.07 Å². The number of carbonyl (C=O) groups excluding carboxylic acids is 1. The normalized spacial score (nSPS) is 11.0. The Morgan fingerprint density at radius 1 is 1.00 bits per heavy atom. The van der Waals surface area contributed by atoms with Crippen LogP contribution >= 0.6 is 0 Å². The zero-order chi connectivity index (χ0) is 16.0. The van der Waals surface area contributed by atoms with Gasteiger partial charge >= 0.3 is 6.09 Å². The van der Waals surface area contributed by atoms with Gasteiger partial charge in [0.15, 0.2) is 0 Å². The topological polar surface area (TPSA) is 74.2 Å². The summed E-state index contributed by atoms with van der Waals surface area (Å²) in [5.74, 6) is 0. The summed E-state index contributed by atoms with van der Waals surface area (Å²) in [6.07, 6.45) is 7.22. The van der Waals surface area contributed by atoms with Crippen LogP contribution in [0.25, 0.3) is 0 Å². The van der Waals surface area contributed by atoms with Crippen LogP contribution in [0.5, 0.6) is 0 Å². The predicted molar refractivity (Wildman–Crippen MR) is 85.0 cm³/mol. The van der Waals surface area contributed by atoms with Crippen LogP contribution < -0.4 is 10.6 Å². The molecule has 122 valence electrons. The lowest BCUT2D eigenvalue weighted by Gasteiger charge is -2.19. The number of ether oxygens (including phenoxy) is 1. The Morgan fingerprint density at radius 3 is 2.14 bits per heavy atom. The number of hydrogen-bond acceptors (Lipinski definition) is 4. The van der Waals surface area contributed by atoms with E-state index in [1.165, 1.54) is 25.7 Å². The third kappa shape index (κ3) is 16.7. The van der Waals surface area contributed by atoms with Gasteiger partial charge in [0.2, 0.25) is 0 Å². The van der Waals surface area contributed by atoms with E-state index in [-0.39, 0.29) is 6.09 Å². The first-order valence-corrected chi connectivity index (χ1v) is 8.00. The molecule has 0 unspecified atom stereocenters. The standard InChI is InChI=1S/C16H31N3O2/c1-16(2,3)21-15(20)19-14-9-7-5-4-6-8-12-18-13-10-11-17/h18H,4-10,12-14H2,1-3H3,(H,19,20). The van der Waals surface area contributed by atoms with Gasteiger partial charge in [-0.15, -0.1) is 0 Å². The first-order valence-electron chi connectivity index (χ1n) is 8.00. The van der Waals surface area contributed by atoms with Gasteiger partial charge in [-0.2, -0.15) is 5.26 Å². The molecule has 0 aromatic heterocycles. The molecule has 0 heterocycles. The van der Waals surface area contributed by atoms with E-state index < -0.39 is 5.60 Å². The molecule has 0 bridgehead atoms. The summed E-state index contributed by atoms with van der Waals surface area (Å²) in [6, 6.07) is 2.12. The fraction of sp³-hybridized carbons (Fsp3) is 0.875. The molecule has 0 radical (unpaired) electrons. The van der Waals surface area contributed by atoms with E-state index in [0.29, 0.717) is 13.0 Å². The van der Waals surface area contributed by atoms with E-state index in [0.717, 1.165) is 25.9 Å². The zero-order valence-electron chi connectivity index (χ0n) is 13.8. The van der Waals surface area contributed by atoms with Gasteiger partial charge in [0.1, 0.15) is 5.60 Å². The molecule has 1 amide bonds. The molecule has 0 atom stereocenters. The smallest absolute Gasteiger partial charge is 0.407 e. The Labute approximate surface area is 129 Å². The van der Waals surface area contributed by atoms with Gasteiger partial charge in [-0.1, -0.05) is 25.7 Å². The molecule has 0 aliphatic rings. The number of alkyl carbamates (subject to hydrolysis) is 1. The van der Waals surface area contributed by atoms with Gasteiger partial charge in [0, 0.05) is 19.5 Å². The number of rotatable bonds is 11. The Bertz CT molecular complexity index is 306. The van der Waals surface area contributed by atoms with Crippen LogP contribution in [-0.4, -0.2) is 31.3 Å². The first-order chi connectivity index (χ1) is 9.95. The number of unbranched alkanes of at least 4 members (excludes halogenated alkanes) is 5. The summed E-state index contributed by atoms with van der Waals surface area (Å²) >= 11 is 0. The van der Waals surface area contributed by atoms with Crippen molar-refractivity contribution in [2.45, 2.75) is 71.3 Å². The Kier molecular flexibility index (Phi) is 11.7. The average Bonchev–Trinajstić information content (AvgIpc) is 2.38. The highest BCUT2D eigenvalue weighted by atomic mass is 16.6. The summed E-state index contributed by atoms with van der Waals surface area (Å²) < 4.78 is 5.16. The van der Waals surface area contributed by atoms with Crippen LogP contribution in [0.15, 0.2) is 0 Å². The van der Waals surface area contributed by atoms with Crippen LogP contribution in [-0.2, 0) is 4.74 Å². The Hall–Kier alpha value is -1.28. The van der Waals surface area contributed by atoms with Crippen molar-refractivity contribution in [3.05, 3.63) is 0 Å². The van der Waals surface area contributed by atoms with Crippen LogP contribution in [0.1, 0.15) is 65.7 Å². The SMILES string of the molecule is CC(C)(C)OC(=O)NCCCCCCCCNCCC#N. The summed E-state index contributed by atoms with van der Waals surface area (Å²) in [5.41, 5.74) is -0.425. The minimum absolute atomic E-state index is 0.328. The molecule has 21 heavy (non-hydrogen) atoms. The number of hydrogen-bond donors (Lipinski definition) is 2. The molecule has 0 aliphatic carbocycles.